The van der Waals surface area contributed by atoms with Crippen molar-refractivity contribution in [3.8, 4) is 0 Å². The van der Waals surface area contributed by atoms with Gasteiger partial charge in [0, 0.05) is 4.48 Å². The summed E-state index contributed by atoms with van der Waals surface area (Å²) in [5.41, 5.74) is 5.16. The van der Waals surface area contributed by atoms with Gasteiger partial charge in [-0.05, 0) is 34.8 Å². The minimum absolute atomic E-state index is 0.967. The molecule has 2 bridgehead atoms. The summed E-state index contributed by atoms with van der Waals surface area (Å²) >= 11 is 3.65. The molecule has 0 aromatic heterocycles. The Morgan fingerprint density at radius 3 is 2.35 bits per heavy atom. The Kier molecular flexibility index (Phi) is 3.98. The third-order valence-corrected chi connectivity index (χ3v) is 4.20. The van der Waals surface area contributed by atoms with E-state index in [4.69, 9.17) is 0 Å². The van der Waals surface area contributed by atoms with Crippen molar-refractivity contribution < 1.29 is 0 Å². The number of hydrogen-bond donors (Lipinski definition) is 0. The van der Waals surface area contributed by atoms with Gasteiger partial charge < -0.3 is 0 Å². The van der Waals surface area contributed by atoms with E-state index >= 15 is 0 Å². The maximum Gasteiger partial charge on any atom is 0.0210 e. The van der Waals surface area contributed by atoms with Crippen molar-refractivity contribution >= 4 is 22.0 Å². The molecule has 0 N–H and O–H groups in total. The molecule has 20 heavy (non-hydrogen) atoms. The summed E-state index contributed by atoms with van der Waals surface area (Å²) in [5, 5.41) is 0. The van der Waals surface area contributed by atoms with Crippen LogP contribution in [-0.4, -0.2) is 0 Å². The van der Waals surface area contributed by atoms with Gasteiger partial charge in [-0.2, -0.15) is 0 Å². The number of fused-ring (bicyclic) bond motifs is 2. The molecular formula is C19H15Br. The molecule has 0 aliphatic heterocycles. The average molecular weight is 323 g/mol. The van der Waals surface area contributed by atoms with Gasteiger partial charge in [0.15, 0.2) is 0 Å². The molecule has 2 aliphatic carbocycles. The van der Waals surface area contributed by atoms with Crippen LogP contribution in [0.3, 0.4) is 0 Å². The molecule has 0 heterocycles. The molecule has 0 nitrogen and oxygen atoms in total. The molecule has 0 radical (unpaired) electrons. The highest BCUT2D eigenvalue weighted by Gasteiger charge is 2.12. The fourth-order valence-corrected chi connectivity index (χ4v) is 2.72. The van der Waals surface area contributed by atoms with Gasteiger partial charge in [0.1, 0.15) is 0 Å². The first-order chi connectivity index (χ1) is 9.83. The summed E-state index contributed by atoms with van der Waals surface area (Å²) < 4.78 is 1.16. The molecule has 1 aromatic rings. The van der Waals surface area contributed by atoms with Crippen molar-refractivity contribution in [2.75, 3.05) is 0 Å². The first-order valence-electron chi connectivity index (χ1n) is 6.71. The SMILES string of the molecule is BrC1=CC=C(C=Cc2ccccc2)C2=CC=CC=C1C2. The van der Waals surface area contributed by atoms with E-state index < -0.39 is 0 Å². The van der Waals surface area contributed by atoms with Gasteiger partial charge in [0.05, 0.1) is 0 Å². The van der Waals surface area contributed by atoms with Crippen LogP contribution in [0.15, 0.2) is 94.1 Å². The summed E-state index contributed by atoms with van der Waals surface area (Å²) in [5.74, 6) is 0. The Labute approximate surface area is 128 Å². The van der Waals surface area contributed by atoms with Crippen LogP contribution in [0.25, 0.3) is 6.08 Å². The Balaban J connectivity index is 1.93. The lowest BCUT2D eigenvalue weighted by Gasteiger charge is -2.07. The Morgan fingerprint density at radius 2 is 1.55 bits per heavy atom. The largest absolute Gasteiger partial charge is 0.0622 e. The van der Waals surface area contributed by atoms with E-state index in [-0.39, 0.29) is 0 Å². The number of rotatable bonds is 2. The highest BCUT2D eigenvalue weighted by atomic mass is 79.9. The molecule has 1 heteroatoms. The zero-order valence-electron chi connectivity index (χ0n) is 11.1. The molecule has 0 spiro atoms. The lowest BCUT2D eigenvalue weighted by Crippen LogP contribution is -1.88. The minimum Gasteiger partial charge on any atom is -0.0622 e. The maximum atomic E-state index is 3.65. The molecular weight excluding hydrogens is 308 g/mol. The van der Waals surface area contributed by atoms with Crippen molar-refractivity contribution in [2.45, 2.75) is 6.42 Å². The monoisotopic (exact) mass is 322 g/mol. The number of halogens is 1. The van der Waals surface area contributed by atoms with Gasteiger partial charge in [0.25, 0.3) is 0 Å². The van der Waals surface area contributed by atoms with Crippen LogP contribution in [0.4, 0.5) is 0 Å². The van der Waals surface area contributed by atoms with E-state index in [1.54, 1.807) is 0 Å². The number of allylic oxidation sites excluding steroid dienone is 11. The third kappa shape index (κ3) is 3.00. The number of hydrogen-bond acceptors (Lipinski definition) is 0. The highest BCUT2D eigenvalue weighted by molar-refractivity contribution is 9.12. The molecule has 0 saturated heterocycles. The zero-order chi connectivity index (χ0) is 13.8. The van der Waals surface area contributed by atoms with E-state index in [1.165, 1.54) is 22.3 Å². The van der Waals surface area contributed by atoms with Crippen molar-refractivity contribution in [3.05, 3.63) is 99.6 Å². The highest BCUT2D eigenvalue weighted by Crippen LogP contribution is 2.33. The van der Waals surface area contributed by atoms with Gasteiger partial charge in [-0.3, -0.25) is 0 Å². The van der Waals surface area contributed by atoms with Crippen molar-refractivity contribution in [2.24, 2.45) is 0 Å². The minimum atomic E-state index is 0.967. The topological polar surface area (TPSA) is 0 Å². The molecule has 1 aromatic carbocycles. The van der Waals surface area contributed by atoms with Gasteiger partial charge in [-0.25, -0.2) is 0 Å². The first-order valence-corrected chi connectivity index (χ1v) is 7.50. The molecule has 0 saturated carbocycles. The normalized spacial score (nSPS) is 17.9. The van der Waals surface area contributed by atoms with Crippen LogP contribution in [0.2, 0.25) is 0 Å². The summed E-state index contributed by atoms with van der Waals surface area (Å²) in [6, 6.07) is 10.4. The lowest BCUT2D eigenvalue weighted by molar-refractivity contribution is 1.19. The van der Waals surface area contributed by atoms with Crippen molar-refractivity contribution in [1.82, 2.24) is 0 Å². The third-order valence-electron chi connectivity index (χ3n) is 3.43. The molecule has 0 fully saturated rings. The Morgan fingerprint density at radius 1 is 0.800 bits per heavy atom. The van der Waals surface area contributed by atoms with E-state index in [2.05, 4.69) is 88.8 Å². The summed E-state index contributed by atoms with van der Waals surface area (Å²) in [6.45, 7) is 0. The fraction of sp³-hybridized carbons (Fsp3) is 0.0526. The second-order valence-corrected chi connectivity index (χ2v) is 5.68. The summed E-state index contributed by atoms with van der Waals surface area (Å²) in [6.07, 6.45) is 18.2. The van der Waals surface area contributed by atoms with E-state index in [0.29, 0.717) is 0 Å². The Bertz CT molecular complexity index is 680. The van der Waals surface area contributed by atoms with Crippen LogP contribution >= 0.6 is 15.9 Å². The van der Waals surface area contributed by atoms with Crippen LogP contribution < -0.4 is 0 Å². The fourth-order valence-electron chi connectivity index (χ4n) is 2.32. The summed E-state index contributed by atoms with van der Waals surface area (Å²) in [4.78, 5) is 0. The Hall–Kier alpha value is -1.86. The van der Waals surface area contributed by atoms with Crippen molar-refractivity contribution in [1.29, 1.82) is 0 Å². The second-order valence-electron chi connectivity index (χ2n) is 4.83. The maximum absolute atomic E-state index is 3.65. The molecule has 2 aliphatic rings. The quantitative estimate of drug-likeness (QED) is 0.652. The van der Waals surface area contributed by atoms with Crippen LogP contribution in [0, 0.1) is 0 Å². The van der Waals surface area contributed by atoms with Crippen LogP contribution in [0.5, 0.6) is 0 Å². The molecule has 0 unspecified atom stereocenters. The standard InChI is InChI=1S/C19H15Br/c20-19-13-12-16(11-10-15-6-2-1-3-7-15)17-8-4-5-9-18(19)14-17/h1-13H,14H2. The second kappa shape index (κ2) is 6.06. The van der Waals surface area contributed by atoms with E-state index in [1.807, 2.05) is 6.07 Å². The first kappa shape index (κ1) is 13.1. The van der Waals surface area contributed by atoms with Gasteiger partial charge in [-0.15, -0.1) is 0 Å². The van der Waals surface area contributed by atoms with Crippen molar-refractivity contribution in [3.63, 3.8) is 0 Å². The van der Waals surface area contributed by atoms with Gasteiger partial charge in [-0.1, -0.05) is 88.8 Å². The molecule has 3 rings (SSSR count). The average Bonchev–Trinajstić information content (AvgIpc) is 2.81. The number of benzene rings is 1. The predicted octanol–water partition coefficient (Wildman–Crippen LogP) is 5.73. The predicted molar refractivity (Wildman–Crippen MR) is 90.5 cm³/mol. The molecule has 98 valence electrons. The lowest BCUT2D eigenvalue weighted by atomic mass is 9.99. The van der Waals surface area contributed by atoms with Crippen LogP contribution in [-0.2, 0) is 0 Å². The smallest absolute Gasteiger partial charge is 0.0210 e. The van der Waals surface area contributed by atoms with E-state index in [9.17, 15) is 0 Å². The molecule has 0 atom stereocenters. The van der Waals surface area contributed by atoms with Crippen LogP contribution in [0.1, 0.15) is 12.0 Å². The zero-order valence-corrected chi connectivity index (χ0v) is 12.7. The summed E-state index contributed by atoms with van der Waals surface area (Å²) in [7, 11) is 0. The van der Waals surface area contributed by atoms with Gasteiger partial charge >= 0.3 is 0 Å². The molecule has 0 amide bonds. The van der Waals surface area contributed by atoms with E-state index in [0.717, 1.165) is 10.9 Å². The van der Waals surface area contributed by atoms with Gasteiger partial charge in [0.2, 0.25) is 0 Å².